The van der Waals surface area contributed by atoms with Crippen molar-refractivity contribution in [3.63, 3.8) is 0 Å². The van der Waals surface area contributed by atoms with E-state index in [0.717, 1.165) is 0 Å². The average Bonchev–Trinajstić information content (AvgIpc) is 2.47. The third-order valence-corrected chi connectivity index (χ3v) is 6.67. The molecule has 0 aliphatic carbocycles. The van der Waals surface area contributed by atoms with Crippen LogP contribution in [0.4, 0.5) is 0 Å². The van der Waals surface area contributed by atoms with Crippen LogP contribution >= 0.6 is 63.7 Å². The Bertz CT molecular complexity index is 467. The van der Waals surface area contributed by atoms with Crippen LogP contribution in [0.3, 0.4) is 0 Å². The molecule has 1 heterocycles. The Balaban J connectivity index is 2.92. The van der Waals surface area contributed by atoms with Gasteiger partial charge in [0.15, 0.2) is 0 Å². The number of halogens is 4. The van der Waals surface area contributed by atoms with Gasteiger partial charge in [-0.15, -0.1) is 0 Å². The first-order valence-electron chi connectivity index (χ1n) is 3.61. The highest BCUT2D eigenvalue weighted by molar-refractivity contribution is 9.15. The molecule has 0 unspecified atom stereocenters. The fourth-order valence-electron chi connectivity index (χ4n) is 1.24. The number of nitrogens with zero attached hydrogens (tertiary/aromatic N) is 1. The van der Waals surface area contributed by atoms with E-state index < -0.39 is 11.8 Å². The van der Waals surface area contributed by atoms with E-state index in [0.29, 0.717) is 29.0 Å². The van der Waals surface area contributed by atoms with Gasteiger partial charge in [-0.25, -0.2) is 0 Å². The summed E-state index contributed by atoms with van der Waals surface area (Å²) < 4.78 is 2.41. The average molecular weight is 462 g/mol. The number of rotatable bonds is 0. The summed E-state index contributed by atoms with van der Waals surface area (Å²) in [4.78, 5) is 22.9. The third kappa shape index (κ3) is 1.64. The highest BCUT2D eigenvalue weighted by Gasteiger charge is 2.35. The zero-order valence-corrected chi connectivity index (χ0v) is 13.1. The molecule has 0 saturated heterocycles. The predicted octanol–water partition coefficient (Wildman–Crippen LogP) is 3.64. The molecule has 0 atom stereocenters. The topological polar surface area (TPSA) is 48.2 Å². The summed E-state index contributed by atoms with van der Waals surface area (Å²) in [5.41, 5.74) is 0.587. The Morgan fingerprint density at radius 3 is 1.33 bits per heavy atom. The number of imide groups is 1. The zero-order valence-electron chi connectivity index (χ0n) is 6.78. The van der Waals surface area contributed by atoms with Crippen LogP contribution in [0.2, 0.25) is 0 Å². The van der Waals surface area contributed by atoms with Crippen LogP contribution in [-0.4, -0.2) is 11.8 Å². The first kappa shape index (κ1) is 11.8. The molecule has 0 bridgehead atoms. The molecule has 0 fully saturated rings. The normalized spacial score (nSPS) is 14.1. The summed E-state index contributed by atoms with van der Waals surface area (Å²) in [6.07, 6.45) is 0. The molecule has 1 aromatic carbocycles. The van der Waals surface area contributed by atoms with Gasteiger partial charge in [0.25, 0.3) is 11.8 Å². The lowest BCUT2D eigenvalue weighted by Gasteiger charge is -2.07. The van der Waals surface area contributed by atoms with E-state index in [1.807, 2.05) is 0 Å². The van der Waals surface area contributed by atoms with Gasteiger partial charge in [-0.1, -0.05) is 0 Å². The van der Waals surface area contributed by atoms with Crippen molar-refractivity contribution < 1.29 is 9.59 Å². The van der Waals surface area contributed by atoms with E-state index in [1.165, 1.54) is 0 Å². The summed E-state index contributed by atoms with van der Waals surface area (Å²) in [7, 11) is 0. The molecule has 1 aromatic rings. The first-order valence-corrected chi connectivity index (χ1v) is 6.78. The molecule has 2 rings (SSSR count). The van der Waals surface area contributed by atoms with E-state index >= 15 is 0 Å². The lowest BCUT2D eigenvalue weighted by Crippen LogP contribution is -2.11. The summed E-state index contributed by atoms with van der Waals surface area (Å²) >= 11 is 13.1. The minimum Gasteiger partial charge on any atom is -0.267 e. The molecular weight excluding hydrogens is 462 g/mol. The number of fused-ring (bicyclic) bond motifs is 1. The summed E-state index contributed by atoms with van der Waals surface area (Å²) in [6.45, 7) is 0. The Morgan fingerprint density at radius 1 is 0.667 bits per heavy atom. The van der Waals surface area contributed by atoms with Crippen molar-refractivity contribution in [1.82, 2.24) is 5.32 Å². The monoisotopic (exact) mass is 458 g/mol. The van der Waals surface area contributed by atoms with Gasteiger partial charge in [0.2, 0.25) is 0 Å². The van der Waals surface area contributed by atoms with Gasteiger partial charge < -0.3 is 0 Å². The highest BCUT2D eigenvalue weighted by atomic mass is 79.9. The molecule has 77 valence electrons. The van der Waals surface area contributed by atoms with E-state index in [2.05, 4.69) is 69.0 Å². The molecule has 0 N–H and O–H groups in total. The molecule has 2 amide bonds. The van der Waals surface area contributed by atoms with Crippen molar-refractivity contribution in [3.05, 3.63) is 29.0 Å². The molecule has 1 aliphatic rings. The van der Waals surface area contributed by atoms with Crippen molar-refractivity contribution in [2.45, 2.75) is 0 Å². The van der Waals surface area contributed by atoms with Gasteiger partial charge in [0.1, 0.15) is 0 Å². The minimum absolute atomic E-state index is 0.293. The van der Waals surface area contributed by atoms with Crippen LogP contribution < -0.4 is 5.32 Å². The molecule has 0 spiro atoms. The van der Waals surface area contributed by atoms with Gasteiger partial charge in [0.05, 0.1) is 11.1 Å². The molecule has 7 heteroatoms. The smallest absolute Gasteiger partial charge is 0.267 e. The SMILES string of the molecule is O=C1[N]C(=O)c2c(Br)c(Br)c(Br)c(Br)c21. The Kier molecular flexibility index (Phi) is 3.09. The molecule has 15 heavy (non-hydrogen) atoms. The summed E-state index contributed by atoms with van der Waals surface area (Å²) in [5.74, 6) is -1.04. The number of amides is 2. The quantitative estimate of drug-likeness (QED) is 0.336. The Labute approximate surface area is 118 Å². The van der Waals surface area contributed by atoms with Crippen LogP contribution in [0, 0.1) is 0 Å². The molecule has 1 aliphatic heterocycles. The molecule has 1 radical (unpaired) electrons. The second-order valence-corrected chi connectivity index (χ2v) is 5.90. The maximum absolute atomic E-state index is 11.4. The fraction of sp³-hybridized carbons (Fsp3) is 0. The van der Waals surface area contributed by atoms with Crippen molar-refractivity contribution in [2.24, 2.45) is 0 Å². The predicted molar refractivity (Wildman–Crippen MR) is 68.0 cm³/mol. The molecular formula is C8Br4NO2. The number of carbonyl (C=O) groups is 2. The maximum atomic E-state index is 11.4. The Hall–Kier alpha value is 0.280. The fourth-order valence-corrected chi connectivity index (χ4v) is 3.69. The van der Waals surface area contributed by atoms with Gasteiger partial charge in [-0.3, -0.25) is 9.59 Å². The summed E-state index contributed by atoms with van der Waals surface area (Å²) in [6, 6.07) is 0. The Morgan fingerprint density at radius 2 is 1.00 bits per heavy atom. The van der Waals surface area contributed by atoms with E-state index in [9.17, 15) is 9.59 Å². The van der Waals surface area contributed by atoms with Crippen LogP contribution in [0.5, 0.6) is 0 Å². The lowest BCUT2D eigenvalue weighted by molar-refractivity contribution is 0.0873. The maximum Gasteiger partial charge on any atom is 0.282 e. The van der Waals surface area contributed by atoms with Crippen LogP contribution in [0.1, 0.15) is 20.7 Å². The molecule has 3 nitrogen and oxygen atoms in total. The van der Waals surface area contributed by atoms with E-state index in [4.69, 9.17) is 0 Å². The van der Waals surface area contributed by atoms with Crippen LogP contribution in [0.15, 0.2) is 17.9 Å². The van der Waals surface area contributed by atoms with Gasteiger partial charge in [-0.2, -0.15) is 5.32 Å². The van der Waals surface area contributed by atoms with Crippen molar-refractivity contribution in [1.29, 1.82) is 0 Å². The first-order chi connectivity index (χ1) is 6.95. The van der Waals surface area contributed by atoms with Crippen molar-refractivity contribution in [2.75, 3.05) is 0 Å². The van der Waals surface area contributed by atoms with Crippen molar-refractivity contribution in [3.8, 4) is 0 Å². The van der Waals surface area contributed by atoms with Gasteiger partial charge in [-0.05, 0) is 63.7 Å². The highest BCUT2D eigenvalue weighted by Crippen LogP contribution is 2.43. The van der Waals surface area contributed by atoms with Gasteiger partial charge in [0, 0.05) is 17.9 Å². The molecule has 0 saturated carbocycles. The summed E-state index contributed by atoms with van der Waals surface area (Å²) in [5, 5.41) is 3.38. The lowest BCUT2D eigenvalue weighted by atomic mass is 10.1. The third-order valence-electron chi connectivity index (χ3n) is 1.90. The second-order valence-electron chi connectivity index (χ2n) is 2.73. The zero-order chi connectivity index (χ0) is 11.3. The standard InChI is InChI=1S/C8Br4NO2/c9-3-1-2(8(15)13-7(1)14)4(10)6(12)5(3)11. The number of carbonyl (C=O) groups excluding carboxylic acids is 2. The van der Waals surface area contributed by atoms with E-state index in [-0.39, 0.29) is 0 Å². The second kappa shape index (κ2) is 3.94. The minimum atomic E-state index is -0.518. The number of benzene rings is 1. The number of hydrogen-bond donors (Lipinski definition) is 0. The van der Waals surface area contributed by atoms with Gasteiger partial charge >= 0.3 is 0 Å². The van der Waals surface area contributed by atoms with E-state index in [1.54, 1.807) is 0 Å². The van der Waals surface area contributed by atoms with Crippen molar-refractivity contribution >= 4 is 75.5 Å². The van der Waals surface area contributed by atoms with Crippen LogP contribution in [0.25, 0.3) is 0 Å². The van der Waals surface area contributed by atoms with Crippen LogP contribution in [-0.2, 0) is 0 Å². The molecule has 0 aromatic heterocycles. The number of hydrogen-bond acceptors (Lipinski definition) is 2. The largest absolute Gasteiger partial charge is 0.282 e.